The van der Waals surface area contributed by atoms with E-state index in [1.54, 1.807) is 13.8 Å². The van der Waals surface area contributed by atoms with Crippen LogP contribution in [-0.2, 0) is 9.59 Å². The Morgan fingerprint density at radius 3 is 2.59 bits per heavy atom. The van der Waals surface area contributed by atoms with Crippen LogP contribution in [0.2, 0.25) is 0 Å². The second kappa shape index (κ2) is 6.21. The van der Waals surface area contributed by atoms with Crippen LogP contribution >= 0.6 is 11.6 Å². The lowest BCUT2D eigenvalue weighted by Crippen LogP contribution is -2.70. The van der Waals surface area contributed by atoms with E-state index in [0.29, 0.717) is 6.42 Å². The molecular formula is C22H27ClF2O4. The topological polar surface area (TPSA) is 74.6 Å². The standard InChI is InChI=1S/C22H27ClF2O4/c1-11-6-13-14-8-16(24)15-7-12(26)4-5-19(15,2)21(14,25)17(27)9-20(13,3)22(11,29)18(28)10-23/h4-5,7,11,13-14,16-17,27,29H,6,8-10H2,1-3H3/t11-,13?,14?,16-,17?,19?,20?,21-,22-/m0/s1. The van der Waals surface area contributed by atoms with Gasteiger partial charge in [0.05, 0.1) is 12.0 Å². The highest BCUT2D eigenvalue weighted by Gasteiger charge is 2.76. The smallest absolute Gasteiger partial charge is 0.179 e. The van der Waals surface area contributed by atoms with E-state index < -0.39 is 63.7 Å². The molecule has 0 aromatic rings. The summed E-state index contributed by atoms with van der Waals surface area (Å²) in [5.74, 6) is -3.24. The number of Topliss-reactive ketones (excluding diaryl/α,β-unsaturated/α-hetero) is 1. The molecule has 4 aliphatic carbocycles. The summed E-state index contributed by atoms with van der Waals surface area (Å²) >= 11 is 5.78. The number of carbonyl (C=O) groups is 2. The molecule has 0 aliphatic heterocycles. The van der Waals surface area contributed by atoms with E-state index in [2.05, 4.69) is 0 Å². The van der Waals surface area contributed by atoms with Crippen LogP contribution in [0.4, 0.5) is 8.78 Å². The quantitative estimate of drug-likeness (QED) is 0.663. The largest absolute Gasteiger partial charge is 0.390 e. The van der Waals surface area contributed by atoms with Crippen LogP contribution in [0, 0.1) is 28.6 Å². The predicted molar refractivity (Wildman–Crippen MR) is 104 cm³/mol. The van der Waals surface area contributed by atoms with Gasteiger partial charge in [0.25, 0.3) is 0 Å². The van der Waals surface area contributed by atoms with Gasteiger partial charge in [-0.2, -0.15) is 0 Å². The van der Waals surface area contributed by atoms with Gasteiger partial charge >= 0.3 is 0 Å². The lowest BCUT2D eigenvalue weighted by molar-refractivity contribution is -0.222. The molecule has 4 aliphatic rings. The average Bonchev–Trinajstić information content (AvgIpc) is 2.86. The highest BCUT2D eigenvalue weighted by atomic mass is 35.5. The summed E-state index contributed by atoms with van der Waals surface area (Å²) in [5, 5.41) is 22.5. The van der Waals surface area contributed by atoms with Crippen molar-refractivity contribution in [1.29, 1.82) is 0 Å². The summed E-state index contributed by atoms with van der Waals surface area (Å²) in [4.78, 5) is 24.5. The molecule has 4 nitrogen and oxygen atoms in total. The third-order valence-corrected chi connectivity index (χ3v) is 9.00. The third-order valence-electron chi connectivity index (χ3n) is 8.76. The Morgan fingerprint density at radius 1 is 1.31 bits per heavy atom. The zero-order chi connectivity index (χ0) is 21.6. The van der Waals surface area contributed by atoms with Gasteiger partial charge in [-0.15, -0.1) is 11.6 Å². The maximum absolute atomic E-state index is 16.9. The molecule has 5 unspecified atom stereocenters. The van der Waals surface area contributed by atoms with E-state index in [-0.39, 0.29) is 24.3 Å². The van der Waals surface area contributed by atoms with Gasteiger partial charge in [-0.05, 0) is 55.7 Å². The van der Waals surface area contributed by atoms with Crippen molar-refractivity contribution in [2.45, 2.75) is 63.6 Å². The van der Waals surface area contributed by atoms with Gasteiger partial charge in [0.2, 0.25) is 0 Å². The number of hydrogen-bond acceptors (Lipinski definition) is 4. The first kappa shape index (κ1) is 21.1. The van der Waals surface area contributed by atoms with Crippen molar-refractivity contribution >= 4 is 23.2 Å². The first-order chi connectivity index (χ1) is 13.4. The lowest BCUT2D eigenvalue weighted by atomic mass is 9.44. The van der Waals surface area contributed by atoms with Crippen LogP contribution in [0.25, 0.3) is 0 Å². The van der Waals surface area contributed by atoms with E-state index in [1.165, 1.54) is 19.1 Å². The molecule has 0 heterocycles. The number of carbonyl (C=O) groups excluding carboxylic acids is 2. The zero-order valence-electron chi connectivity index (χ0n) is 16.8. The molecule has 0 bridgehead atoms. The van der Waals surface area contributed by atoms with Crippen LogP contribution in [-0.4, -0.2) is 51.2 Å². The monoisotopic (exact) mass is 428 g/mol. The van der Waals surface area contributed by atoms with Gasteiger partial charge < -0.3 is 10.2 Å². The first-order valence-electron chi connectivity index (χ1n) is 10.2. The number of allylic oxidation sites excluding steroid dienone is 4. The Kier molecular flexibility index (Phi) is 4.52. The Balaban J connectivity index is 1.87. The summed E-state index contributed by atoms with van der Waals surface area (Å²) in [7, 11) is 0. The maximum atomic E-state index is 16.9. The number of halogens is 3. The van der Waals surface area contributed by atoms with Crippen LogP contribution in [0.3, 0.4) is 0 Å². The summed E-state index contributed by atoms with van der Waals surface area (Å²) in [6, 6.07) is 0. The van der Waals surface area contributed by atoms with E-state index in [9.17, 15) is 19.8 Å². The van der Waals surface area contributed by atoms with Crippen LogP contribution in [0.1, 0.15) is 40.0 Å². The Morgan fingerprint density at radius 2 is 1.97 bits per heavy atom. The average molecular weight is 429 g/mol. The highest BCUT2D eigenvalue weighted by Crippen LogP contribution is 2.70. The van der Waals surface area contributed by atoms with Crippen molar-refractivity contribution in [3.05, 3.63) is 23.8 Å². The van der Waals surface area contributed by atoms with Crippen LogP contribution in [0.15, 0.2) is 23.8 Å². The second-order valence-corrected chi connectivity index (χ2v) is 10.1. The van der Waals surface area contributed by atoms with E-state index in [1.807, 2.05) is 0 Å². The van der Waals surface area contributed by atoms with Crippen molar-refractivity contribution < 1.29 is 28.6 Å². The van der Waals surface area contributed by atoms with Crippen molar-refractivity contribution in [3.63, 3.8) is 0 Å². The molecule has 0 radical (unpaired) electrons. The Hall–Kier alpha value is -1.11. The fourth-order valence-electron chi connectivity index (χ4n) is 7.24. The van der Waals surface area contributed by atoms with Crippen molar-refractivity contribution in [1.82, 2.24) is 0 Å². The zero-order valence-corrected chi connectivity index (χ0v) is 17.5. The molecule has 7 heteroatoms. The summed E-state index contributed by atoms with van der Waals surface area (Å²) in [5.41, 5.74) is -6.54. The molecule has 0 aromatic carbocycles. The minimum atomic E-state index is -2.21. The molecule has 9 atom stereocenters. The van der Waals surface area contributed by atoms with E-state index in [4.69, 9.17) is 11.6 Å². The minimum Gasteiger partial charge on any atom is -0.390 e. The van der Waals surface area contributed by atoms with Gasteiger partial charge in [-0.3, -0.25) is 9.59 Å². The third kappa shape index (κ3) is 2.26. The minimum absolute atomic E-state index is 0.0598. The van der Waals surface area contributed by atoms with E-state index in [0.717, 1.165) is 6.08 Å². The summed E-state index contributed by atoms with van der Waals surface area (Å²) < 4.78 is 32.1. The number of aliphatic hydroxyl groups excluding tert-OH is 1. The first-order valence-corrected chi connectivity index (χ1v) is 10.7. The van der Waals surface area contributed by atoms with Gasteiger partial charge in [0, 0.05) is 16.7 Å². The van der Waals surface area contributed by atoms with Gasteiger partial charge in [-0.25, -0.2) is 8.78 Å². The summed E-state index contributed by atoms with van der Waals surface area (Å²) in [6.45, 7) is 4.94. The Labute approximate surface area is 174 Å². The van der Waals surface area contributed by atoms with Gasteiger partial charge in [0.15, 0.2) is 17.2 Å². The molecular weight excluding hydrogens is 402 g/mol. The molecule has 0 spiro atoms. The molecule has 3 fully saturated rings. The van der Waals surface area contributed by atoms with Crippen LogP contribution < -0.4 is 0 Å². The summed E-state index contributed by atoms with van der Waals surface area (Å²) in [6.07, 6.45) is 0.674. The highest BCUT2D eigenvalue weighted by molar-refractivity contribution is 6.29. The van der Waals surface area contributed by atoms with Crippen molar-refractivity contribution in [2.75, 3.05) is 5.88 Å². The predicted octanol–water partition coefficient (Wildman–Crippen LogP) is 3.09. The molecule has 0 aromatic heterocycles. The second-order valence-electron chi connectivity index (χ2n) is 9.82. The molecule has 3 saturated carbocycles. The number of rotatable bonds is 2. The number of aliphatic hydroxyl groups is 2. The fraction of sp³-hybridized carbons (Fsp3) is 0.727. The molecule has 0 saturated heterocycles. The van der Waals surface area contributed by atoms with Crippen molar-refractivity contribution in [3.8, 4) is 0 Å². The van der Waals surface area contributed by atoms with Crippen molar-refractivity contribution in [2.24, 2.45) is 28.6 Å². The normalized spacial score (nSPS) is 53.7. The lowest BCUT2D eigenvalue weighted by Gasteiger charge is -2.63. The molecule has 4 rings (SSSR count). The molecule has 29 heavy (non-hydrogen) atoms. The number of alkyl halides is 3. The molecule has 0 amide bonds. The Bertz CT molecular complexity index is 843. The van der Waals surface area contributed by atoms with Gasteiger partial charge in [-0.1, -0.05) is 19.9 Å². The van der Waals surface area contributed by atoms with E-state index >= 15 is 8.78 Å². The number of ketones is 2. The molecule has 2 N–H and O–H groups in total. The fourth-order valence-corrected chi connectivity index (χ4v) is 7.44. The molecule has 160 valence electrons. The van der Waals surface area contributed by atoms with Crippen LogP contribution in [0.5, 0.6) is 0 Å². The SMILES string of the molecule is C[C@H]1CC2C3C[C@H](F)C4=CC(=O)C=CC4(C)[C@@]3(F)C(O)CC2(C)[C@@]1(O)C(=O)CCl. The number of fused-ring (bicyclic) bond motifs is 5. The van der Waals surface area contributed by atoms with Gasteiger partial charge in [0.1, 0.15) is 11.8 Å². The number of hydrogen-bond donors (Lipinski definition) is 2. The maximum Gasteiger partial charge on any atom is 0.179 e.